The number of benzene rings is 3. The maximum absolute atomic E-state index is 14.0. The molecule has 0 aliphatic rings. The lowest BCUT2D eigenvalue weighted by molar-refractivity contribution is 0.317. The van der Waals surface area contributed by atoms with Gasteiger partial charge in [-0.25, -0.2) is 9.78 Å². The predicted molar refractivity (Wildman–Crippen MR) is 155 cm³/mol. The van der Waals surface area contributed by atoms with Crippen molar-refractivity contribution in [1.82, 2.24) is 19.7 Å². The molecule has 8 heteroatoms. The molecule has 3 aromatic carbocycles. The number of aromatic nitrogens is 4. The third-order valence-corrected chi connectivity index (χ3v) is 6.73. The van der Waals surface area contributed by atoms with E-state index in [0.29, 0.717) is 36.7 Å². The van der Waals surface area contributed by atoms with Crippen LogP contribution in [0.3, 0.4) is 0 Å². The molecular weight excluding hydrogens is 504 g/mol. The molecular formula is C32H32N4O4. The second-order valence-corrected chi connectivity index (χ2v) is 9.68. The zero-order valence-corrected chi connectivity index (χ0v) is 22.9. The smallest absolute Gasteiger partial charge is 0.439 e. The van der Waals surface area contributed by atoms with Crippen molar-refractivity contribution in [1.29, 1.82) is 0 Å². The van der Waals surface area contributed by atoms with Crippen molar-refractivity contribution < 1.29 is 9.26 Å². The van der Waals surface area contributed by atoms with Gasteiger partial charge in [0.2, 0.25) is 0 Å². The average Bonchev–Trinajstić information content (AvgIpc) is 3.41. The molecule has 0 saturated carbocycles. The fourth-order valence-electron chi connectivity index (χ4n) is 4.87. The first-order valence-electron chi connectivity index (χ1n) is 13.6. The first-order valence-corrected chi connectivity index (χ1v) is 13.6. The zero-order valence-electron chi connectivity index (χ0n) is 22.9. The summed E-state index contributed by atoms with van der Waals surface area (Å²) in [5, 5.41) is 3.94. The molecule has 0 aliphatic carbocycles. The van der Waals surface area contributed by atoms with Gasteiger partial charge in [-0.05, 0) is 66.8 Å². The van der Waals surface area contributed by atoms with Crippen LogP contribution in [-0.2, 0) is 12.8 Å². The van der Waals surface area contributed by atoms with Crippen molar-refractivity contribution in [3.05, 3.63) is 116 Å². The van der Waals surface area contributed by atoms with E-state index in [0.717, 1.165) is 52.2 Å². The normalized spacial score (nSPS) is 11.1. The van der Waals surface area contributed by atoms with E-state index in [1.54, 1.807) is 4.57 Å². The number of aryl methyl sites for hydroxylation is 2. The van der Waals surface area contributed by atoms with E-state index in [2.05, 4.69) is 24.0 Å². The Balaban J connectivity index is 1.59. The summed E-state index contributed by atoms with van der Waals surface area (Å²) in [7, 11) is 0. The highest BCUT2D eigenvalue weighted by molar-refractivity contribution is 5.81. The maximum atomic E-state index is 14.0. The van der Waals surface area contributed by atoms with Gasteiger partial charge >= 0.3 is 5.76 Å². The van der Waals surface area contributed by atoms with Crippen LogP contribution in [0, 0.1) is 6.92 Å². The van der Waals surface area contributed by atoms with Gasteiger partial charge in [0, 0.05) is 17.5 Å². The minimum absolute atomic E-state index is 0.0956. The van der Waals surface area contributed by atoms with Gasteiger partial charge in [0.25, 0.3) is 5.56 Å². The standard InChI is InChI=1S/C32H32N4O4/c1-4-9-29-28(31(37)36(21(3)33-29)24-13-15-25(16-14-24)39-18-5-2)20-22-12-17-26(23-10-7-6-8-11-23)27(19-22)30-34-32(38)40-35-30/h6-8,10-17,19H,4-5,9,18,20H2,1-3H3,(H,34,35,38). The fraction of sp³-hybridized carbons (Fsp3) is 0.250. The molecule has 0 aliphatic heterocycles. The van der Waals surface area contributed by atoms with Gasteiger partial charge in [-0.2, -0.15) is 0 Å². The summed E-state index contributed by atoms with van der Waals surface area (Å²) in [5.74, 6) is 1.12. The van der Waals surface area contributed by atoms with Crippen molar-refractivity contribution in [2.24, 2.45) is 0 Å². The third kappa shape index (κ3) is 5.66. The van der Waals surface area contributed by atoms with Crippen LogP contribution in [0.15, 0.2) is 86.9 Å². The molecule has 5 rings (SSSR count). The summed E-state index contributed by atoms with van der Waals surface area (Å²) < 4.78 is 12.2. The number of hydrogen-bond donors (Lipinski definition) is 1. The number of ether oxygens (including phenoxy) is 1. The minimum atomic E-state index is -0.624. The largest absolute Gasteiger partial charge is 0.494 e. The van der Waals surface area contributed by atoms with E-state index in [4.69, 9.17) is 14.2 Å². The Hall–Kier alpha value is -4.72. The quantitative estimate of drug-likeness (QED) is 0.239. The van der Waals surface area contributed by atoms with Crippen molar-refractivity contribution in [3.63, 3.8) is 0 Å². The third-order valence-electron chi connectivity index (χ3n) is 6.73. The summed E-state index contributed by atoms with van der Waals surface area (Å²) in [6.45, 7) is 6.64. The summed E-state index contributed by atoms with van der Waals surface area (Å²) in [4.78, 5) is 33.3. The Bertz CT molecular complexity index is 1720. The number of hydrogen-bond acceptors (Lipinski definition) is 6. The van der Waals surface area contributed by atoms with Crippen LogP contribution in [-0.4, -0.2) is 26.3 Å². The monoisotopic (exact) mass is 536 g/mol. The van der Waals surface area contributed by atoms with E-state index in [9.17, 15) is 9.59 Å². The van der Waals surface area contributed by atoms with Gasteiger partial charge in [0.15, 0.2) is 5.82 Å². The number of rotatable bonds is 10. The number of nitrogens with zero attached hydrogens (tertiary/aromatic N) is 3. The minimum Gasteiger partial charge on any atom is -0.494 e. The van der Waals surface area contributed by atoms with E-state index >= 15 is 0 Å². The molecule has 0 atom stereocenters. The Morgan fingerprint density at radius 1 is 0.925 bits per heavy atom. The summed E-state index contributed by atoms with van der Waals surface area (Å²) >= 11 is 0. The molecule has 1 N–H and O–H groups in total. The Kier molecular flexibility index (Phi) is 8.05. The molecule has 40 heavy (non-hydrogen) atoms. The lowest BCUT2D eigenvalue weighted by atomic mass is 9.94. The molecule has 5 aromatic rings. The molecule has 0 radical (unpaired) electrons. The van der Waals surface area contributed by atoms with Gasteiger partial charge in [-0.3, -0.25) is 18.9 Å². The highest BCUT2D eigenvalue weighted by Crippen LogP contribution is 2.31. The molecule has 204 valence electrons. The number of H-pyrrole nitrogens is 1. The van der Waals surface area contributed by atoms with Crippen LogP contribution in [0.1, 0.15) is 49.3 Å². The Morgan fingerprint density at radius 3 is 2.38 bits per heavy atom. The van der Waals surface area contributed by atoms with Crippen molar-refractivity contribution in [2.45, 2.75) is 46.5 Å². The summed E-state index contributed by atoms with van der Waals surface area (Å²) in [6, 6.07) is 23.3. The molecule has 2 heterocycles. The van der Waals surface area contributed by atoms with E-state index in [1.165, 1.54) is 0 Å². The Labute approximate surface area is 232 Å². The van der Waals surface area contributed by atoms with Gasteiger partial charge in [0.1, 0.15) is 11.6 Å². The van der Waals surface area contributed by atoms with Gasteiger partial charge < -0.3 is 4.74 Å². The first kappa shape index (κ1) is 26.9. The predicted octanol–water partition coefficient (Wildman–Crippen LogP) is 5.88. The van der Waals surface area contributed by atoms with Gasteiger partial charge in [0.05, 0.1) is 18.0 Å². The lowest BCUT2D eigenvalue weighted by Gasteiger charge is -2.16. The van der Waals surface area contributed by atoms with E-state index in [-0.39, 0.29) is 5.56 Å². The van der Waals surface area contributed by atoms with Crippen LogP contribution < -0.4 is 16.1 Å². The van der Waals surface area contributed by atoms with Crippen LogP contribution >= 0.6 is 0 Å². The average molecular weight is 537 g/mol. The molecule has 0 unspecified atom stereocenters. The number of nitrogens with one attached hydrogen (secondary N) is 1. The summed E-state index contributed by atoms with van der Waals surface area (Å²) in [5.41, 5.74) is 5.57. The molecule has 0 spiro atoms. The first-order chi connectivity index (χ1) is 19.5. The molecule has 0 saturated heterocycles. The molecule has 0 fully saturated rings. The van der Waals surface area contributed by atoms with Gasteiger partial charge in [-0.15, -0.1) is 0 Å². The van der Waals surface area contributed by atoms with Crippen molar-refractivity contribution >= 4 is 0 Å². The highest BCUT2D eigenvalue weighted by Gasteiger charge is 2.18. The van der Waals surface area contributed by atoms with Crippen LogP contribution in [0.2, 0.25) is 0 Å². The van der Waals surface area contributed by atoms with Gasteiger partial charge in [-0.1, -0.05) is 67.9 Å². The lowest BCUT2D eigenvalue weighted by Crippen LogP contribution is -2.28. The number of aromatic amines is 1. The molecule has 0 amide bonds. The van der Waals surface area contributed by atoms with Crippen molar-refractivity contribution in [2.75, 3.05) is 6.61 Å². The second kappa shape index (κ2) is 12.0. The SMILES string of the molecule is CCCOc1ccc(-n2c(C)nc(CCC)c(Cc3ccc(-c4ccccc4)c(-c4noc(=O)[nH]4)c3)c2=O)cc1. The second-order valence-electron chi connectivity index (χ2n) is 9.68. The van der Waals surface area contributed by atoms with Crippen LogP contribution in [0.25, 0.3) is 28.2 Å². The van der Waals surface area contributed by atoms with Crippen molar-refractivity contribution in [3.8, 4) is 34.0 Å². The highest BCUT2D eigenvalue weighted by atomic mass is 16.5. The molecule has 2 aromatic heterocycles. The van der Waals surface area contributed by atoms with E-state index in [1.807, 2.05) is 79.7 Å². The molecule has 8 nitrogen and oxygen atoms in total. The maximum Gasteiger partial charge on any atom is 0.439 e. The zero-order chi connectivity index (χ0) is 28.1. The van der Waals surface area contributed by atoms with Crippen LogP contribution in [0.5, 0.6) is 5.75 Å². The molecule has 0 bridgehead atoms. The Morgan fingerprint density at radius 2 is 1.70 bits per heavy atom. The van der Waals surface area contributed by atoms with E-state index < -0.39 is 5.76 Å². The fourth-order valence-corrected chi connectivity index (χ4v) is 4.87. The van der Waals surface area contributed by atoms with Crippen LogP contribution in [0.4, 0.5) is 0 Å². The summed E-state index contributed by atoms with van der Waals surface area (Å²) in [6.07, 6.45) is 2.86. The topological polar surface area (TPSA) is 103 Å².